The van der Waals surface area contributed by atoms with Crippen molar-refractivity contribution in [3.05, 3.63) is 96.6 Å². The lowest BCUT2D eigenvalue weighted by Gasteiger charge is -2.42. The summed E-state index contributed by atoms with van der Waals surface area (Å²) in [6.45, 7) is 9.99. The minimum Gasteiger partial charge on any atom is -0.424 e. The third-order valence-corrected chi connectivity index (χ3v) is 14.5. The lowest BCUT2D eigenvalue weighted by atomic mass is 9.77. The smallest absolute Gasteiger partial charge is 0.258 e. The van der Waals surface area contributed by atoms with E-state index in [1.807, 2.05) is 61.5 Å². The van der Waals surface area contributed by atoms with Gasteiger partial charge in [-0.1, -0.05) is 105 Å². The van der Waals surface area contributed by atoms with Crippen LogP contribution in [0.4, 0.5) is 0 Å². The largest absolute Gasteiger partial charge is 0.424 e. The zero-order chi connectivity index (χ0) is 29.1. The Bertz CT molecular complexity index is 1240. The maximum atomic E-state index is 13.9. The van der Waals surface area contributed by atoms with E-state index in [1.54, 1.807) is 0 Å². The summed E-state index contributed by atoms with van der Waals surface area (Å²) in [6, 6.07) is 30.8. The van der Waals surface area contributed by atoms with Gasteiger partial charge >= 0.3 is 0 Å². The maximum Gasteiger partial charge on any atom is 0.258 e. The molecule has 218 valence electrons. The fourth-order valence-electron chi connectivity index (χ4n) is 7.10. The first-order valence-electron chi connectivity index (χ1n) is 15.2. The molecule has 0 radical (unpaired) electrons. The average molecular weight is 572 g/mol. The summed E-state index contributed by atoms with van der Waals surface area (Å²) >= 11 is 0. The standard InChI is InChI=1S/C35H45NO4Si/c1-5-39-40-26-31-32(25-36(33(31)37)27(2)28-15-9-6-10-16-28)35(23-24-35)22-21-34(3,4)41(38,29-17-11-7-12-18-29)30-19-13-8-14-20-30/h6-20,27,31-32,38H,5,21-26H2,1-4H3/t27-,31?,32+/m0/s1. The minimum absolute atomic E-state index is 0.00388. The number of likely N-dealkylation sites (tertiary alicyclic amines) is 1. The second-order valence-corrected chi connectivity index (χ2v) is 16.6. The molecule has 2 fully saturated rings. The Labute approximate surface area is 246 Å². The van der Waals surface area contributed by atoms with Gasteiger partial charge in [-0.2, -0.15) is 0 Å². The molecular weight excluding hydrogens is 526 g/mol. The van der Waals surface area contributed by atoms with Crippen LogP contribution in [0.15, 0.2) is 91.0 Å². The molecule has 1 unspecified atom stereocenters. The molecule has 6 heteroatoms. The molecule has 5 nitrogen and oxygen atoms in total. The van der Waals surface area contributed by atoms with Crippen LogP contribution >= 0.6 is 0 Å². The highest BCUT2D eigenvalue weighted by molar-refractivity contribution is 6.98. The summed E-state index contributed by atoms with van der Waals surface area (Å²) < 4.78 is 0. The summed E-state index contributed by atoms with van der Waals surface area (Å²) in [7, 11) is -3.09. The Morgan fingerprint density at radius 2 is 1.46 bits per heavy atom. The summed E-state index contributed by atoms with van der Waals surface area (Å²) in [5.41, 5.74) is 1.22. The van der Waals surface area contributed by atoms with Crippen molar-refractivity contribution >= 4 is 24.6 Å². The van der Waals surface area contributed by atoms with Crippen LogP contribution < -0.4 is 10.4 Å². The lowest BCUT2D eigenvalue weighted by Crippen LogP contribution is -2.65. The Balaban J connectivity index is 1.40. The van der Waals surface area contributed by atoms with Crippen LogP contribution in [-0.4, -0.2) is 43.7 Å². The van der Waals surface area contributed by atoms with Crippen LogP contribution in [0.2, 0.25) is 5.04 Å². The molecule has 1 heterocycles. The van der Waals surface area contributed by atoms with Gasteiger partial charge in [0.25, 0.3) is 8.32 Å². The molecule has 41 heavy (non-hydrogen) atoms. The number of amides is 1. The number of carbonyl (C=O) groups is 1. The van der Waals surface area contributed by atoms with E-state index in [4.69, 9.17) is 9.78 Å². The Morgan fingerprint density at radius 1 is 0.927 bits per heavy atom. The predicted molar refractivity (Wildman–Crippen MR) is 166 cm³/mol. The van der Waals surface area contributed by atoms with Crippen LogP contribution in [0.25, 0.3) is 0 Å². The molecular formula is C35H45NO4Si. The molecule has 1 aliphatic carbocycles. The molecule has 0 spiro atoms. The number of nitrogens with zero attached hydrogens (tertiary/aromatic N) is 1. The molecule has 5 rings (SSSR count). The quantitative estimate of drug-likeness (QED) is 0.120. The maximum absolute atomic E-state index is 13.9. The van der Waals surface area contributed by atoms with E-state index in [1.165, 1.54) is 0 Å². The summed E-state index contributed by atoms with van der Waals surface area (Å²) in [6.07, 6.45) is 4.08. The molecule has 1 saturated heterocycles. The molecule has 1 amide bonds. The molecule has 3 aromatic rings. The van der Waals surface area contributed by atoms with Crippen molar-refractivity contribution in [1.82, 2.24) is 4.90 Å². The first-order chi connectivity index (χ1) is 19.7. The Kier molecular flexibility index (Phi) is 8.86. The van der Waals surface area contributed by atoms with E-state index in [0.29, 0.717) is 6.61 Å². The molecule has 2 aliphatic rings. The van der Waals surface area contributed by atoms with Gasteiger partial charge in [-0.05, 0) is 71.8 Å². The number of hydrogen-bond acceptors (Lipinski definition) is 4. The Morgan fingerprint density at radius 3 is 1.98 bits per heavy atom. The molecule has 3 aromatic carbocycles. The van der Waals surface area contributed by atoms with Gasteiger partial charge < -0.3 is 9.70 Å². The second kappa shape index (κ2) is 12.2. The summed E-state index contributed by atoms with van der Waals surface area (Å²) in [5, 5.41) is 1.77. The third kappa shape index (κ3) is 5.80. The molecule has 3 atom stereocenters. The van der Waals surface area contributed by atoms with E-state index < -0.39 is 8.32 Å². The SMILES string of the molecule is CCOOCC1C(=O)N([C@@H](C)c2ccccc2)C[C@H]1C1(CCC(C)(C)[Si](O)(c2ccccc2)c2ccccc2)CC1. The van der Waals surface area contributed by atoms with Gasteiger partial charge in [0, 0.05) is 6.54 Å². The van der Waals surface area contributed by atoms with E-state index in [2.05, 4.69) is 62.1 Å². The molecule has 0 bridgehead atoms. The minimum atomic E-state index is -3.09. The zero-order valence-electron chi connectivity index (χ0n) is 25.0. The number of carbonyl (C=O) groups excluding carboxylic acids is 1. The normalized spacial score (nSPS) is 21.2. The van der Waals surface area contributed by atoms with Crippen molar-refractivity contribution in [3.63, 3.8) is 0 Å². The van der Waals surface area contributed by atoms with Crippen molar-refractivity contribution in [3.8, 4) is 0 Å². The van der Waals surface area contributed by atoms with Crippen LogP contribution in [0.3, 0.4) is 0 Å². The highest BCUT2D eigenvalue weighted by atomic mass is 28.4. The topological polar surface area (TPSA) is 59.0 Å². The zero-order valence-corrected chi connectivity index (χ0v) is 26.0. The van der Waals surface area contributed by atoms with Crippen molar-refractivity contribution < 1.29 is 19.4 Å². The highest BCUT2D eigenvalue weighted by Crippen LogP contribution is 2.62. The van der Waals surface area contributed by atoms with Crippen LogP contribution in [0, 0.1) is 17.3 Å². The monoisotopic (exact) mass is 571 g/mol. The van der Waals surface area contributed by atoms with E-state index in [0.717, 1.165) is 48.2 Å². The number of rotatable bonds is 13. The van der Waals surface area contributed by atoms with Crippen LogP contribution in [0.1, 0.15) is 65.0 Å². The van der Waals surface area contributed by atoms with Gasteiger partial charge in [0.05, 0.1) is 25.2 Å². The van der Waals surface area contributed by atoms with Gasteiger partial charge in [0.1, 0.15) is 0 Å². The van der Waals surface area contributed by atoms with Gasteiger partial charge in [-0.3, -0.25) is 4.79 Å². The average Bonchev–Trinajstić information content (AvgIpc) is 3.73. The van der Waals surface area contributed by atoms with Crippen molar-refractivity contribution in [2.75, 3.05) is 19.8 Å². The lowest BCUT2D eigenvalue weighted by molar-refractivity contribution is -0.298. The van der Waals surface area contributed by atoms with Gasteiger partial charge in [-0.25, -0.2) is 9.78 Å². The molecule has 1 saturated carbocycles. The molecule has 0 aromatic heterocycles. The number of benzene rings is 3. The molecule has 1 aliphatic heterocycles. The van der Waals surface area contributed by atoms with E-state index in [9.17, 15) is 9.59 Å². The van der Waals surface area contributed by atoms with Crippen LogP contribution in [0.5, 0.6) is 0 Å². The first kappa shape index (κ1) is 29.7. The van der Waals surface area contributed by atoms with Gasteiger partial charge in [0.2, 0.25) is 5.91 Å². The highest BCUT2D eigenvalue weighted by Gasteiger charge is 2.59. The van der Waals surface area contributed by atoms with Crippen molar-refractivity contribution in [2.45, 2.75) is 64.5 Å². The fourth-order valence-corrected chi connectivity index (χ4v) is 10.8. The Hall–Kier alpha value is -2.77. The first-order valence-corrected chi connectivity index (χ1v) is 17.1. The summed E-state index contributed by atoms with van der Waals surface area (Å²) in [5.74, 6) is 0.134. The van der Waals surface area contributed by atoms with Gasteiger partial charge in [-0.15, -0.1) is 0 Å². The fraction of sp³-hybridized carbons (Fsp3) is 0.457. The van der Waals surface area contributed by atoms with Crippen molar-refractivity contribution in [1.29, 1.82) is 0 Å². The second-order valence-electron chi connectivity index (χ2n) is 12.7. The van der Waals surface area contributed by atoms with Gasteiger partial charge in [0.15, 0.2) is 0 Å². The van der Waals surface area contributed by atoms with E-state index in [-0.39, 0.29) is 40.8 Å². The van der Waals surface area contributed by atoms with E-state index >= 15 is 0 Å². The number of hydrogen-bond donors (Lipinski definition) is 1. The molecule has 1 N–H and O–H groups in total. The third-order valence-electron chi connectivity index (χ3n) is 9.97. The predicted octanol–water partition coefficient (Wildman–Crippen LogP) is 5.88. The van der Waals surface area contributed by atoms with Crippen LogP contribution in [-0.2, 0) is 14.6 Å². The summed E-state index contributed by atoms with van der Waals surface area (Å²) in [4.78, 5) is 39.5. The van der Waals surface area contributed by atoms with Crippen molar-refractivity contribution in [2.24, 2.45) is 17.3 Å².